The molecule has 0 aliphatic heterocycles. The molecule has 0 atom stereocenters. The molecule has 0 saturated carbocycles. The first kappa shape index (κ1) is 11.7. The Balaban J connectivity index is 2.20. The van der Waals surface area contributed by atoms with Crippen LogP contribution >= 0.6 is 0 Å². The minimum absolute atomic E-state index is 0.256. The van der Waals surface area contributed by atoms with Crippen LogP contribution in [-0.4, -0.2) is 26.3 Å². The highest BCUT2D eigenvalue weighted by Gasteiger charge is 2.04. The Kier molecular flexibility index (Phi) is 5.48. The van der Waals surface area contributed by atoms with Gasteiger partial charge in [-0.2, -0.15) is 0 Å². The van der Waals surface area contributed by atoms with Crippen molar-refractivity contribution in [3.05, 3.63) is 35.9 Å². The second kappa shape index (κ2) is 7.01. The van der Waals surface area contributed by atoms with E-state index in [0.717, 1.165) is 12.8 Å². The maximum Gasteiger partial charge on any atom is 0.338 e. The zero-order valence-corrected chi connectivity index (χ0v) is 8.94. The fourth-order valence-electron chi connectivity index (χ4n) is 1.17. The van der Waals surface area contributed by atoms with Crippen LogP contribution in [0.4, 0.5) is 0 Å². The van der Waals surface area contributed by atoms with Gasteiger partial charge in [0, 0.05) is 13.7 Å². The van der Waals surface area contributed by atoms with Gasteiger partial charge in [0.1, 0.15) is 0 Å². The average molecular weight is 208 g/mol. The molecule has 0 radical (unpaired) electrons. The van der Waals surface area contributed by atoms with E-state index >= 15 is 0 Å². The number of hydrogen-bond acceptors (Lipinski definition) is 3. The first-order valence-electron chi connectivity index (χ1n) is 5.05. The normalized spacial score (nSPS) is 9.93. The van der Waals surface area contributed by atoms with E-state index in [2.05, 4.69) is 0 Å². The van der Waals surface area contributed by atoms with Gasteiger partial charge in [0.15, 0.2) is 0 Å². The molecule has 3 nitrogen and oxygen atoms in total. The van der Waals surface area contributed by atoms with Crippen LogP contribution in [0, 0.1) is 0 Å². The van der Waals surface area contributed by atoms with Gasteiger partial charge in [0.2, 0.25) is 0 Å². The maximum absolute atomic E-state index is 11.4. The van der Waals surface area contributed by atoms with Crippen LogP contribution in [0.3, 0.4) is 0 Å². The third-order valence-corrected chi connectivity index (χ3v) is 1.99. The molecule has 0 saturated heterocycles. The summed E-state index contributed by atoms with van der Waals surface area (Å²) in [7, 11) is 1.66. The average Bonchev–Trinajstić information content (AvgIpc) is 2.30. The quantitative estimate of drug-likeness (QED) is 0.531. The summed E-state index contributed by atoms with van der Waals surface area (Å²) in [4.78, 5) is 11.4. The maximum atomic E-state index is 11.4. The number of esters is 1. The Labute approximate surface area is 90.0 Å². The standard InChI is InChI=1S/C12H16O3/c1-14-9-5-6-10-15-12(13)11-7-3-2-4-8-11/h2-4,7-8H,5-6,9-10H2,1H3. The summed E-state index contributed by atoms with van der Waals surface area (Å²) >= 11 is 0. The number of carbonyl (C=O) groups excluding carboxylic acids is 1. The smallest absolute Gasteiger partial charge is 0.338 e. The summed E-state index contributed by atoms with van der Waals surface area (Å²) in [6, 6.07) is 9.01. The number of hydrogen-bond donors (Lipinski definition) is 0. The third kappa shape index (κ3) is 4.61. The van der Waals surface area contributed by atoms with Crippen molar-refractivity contribution in [1.82, 2.24) is 0 Å². The van der Waals surface area contributed by atoms with Crippen molar-refractivity contribution in [2.75, 3.05) is 20.3 Å². The molecule has 0 aliphatic rings. The van der Waals surface area contributed by atoms with Gasteiger partial charge in [-0.25, -0.2) is 4.79 Å². The van der Waals surface area contributed by atoms with Gasteiger partial charge in [0.25, 0.3) is 0 Å². The van der Waals surface area contributed by atoms with E-state index in [1.807, 2.05) is 18.2 Å². The van der Waals surface area contributed by atoms with Gasteiger partial charge in [-0.05, 0) is 25.0 Å². The molecule has 0 aliphatic carbocycles. The van der Waals surface area contributed by atoms with E-state index in [1.54, 1.807) is 19.2 Å². The molecular weight excluding hydrogens is 192 g/mol. The number of benzene rings is 1. The Hall–Kier alpha value is -1.35. The van der Waals surface area contributed by atoms with E-state index in [-0.39, 0.29) is 5.97 Å². The summed E-state index contributed by atoms with van der Waals surface area (Å²) in [5.74, 6) is -0.256. The highest BCUT2D eigenvalue weighted by atomic mass is 16.5. The van der Waals surface area contributed by atoms with Gasteiger partial charge in [-0.15, -0.1) is 0 Å². The molecule has 0 bridgehead atoms. The molecule has 0 aromatic heterocycles. The molecule has 0 heterocycles. The highest BCUT2D eigenvalue weighted by molar-refractivity contribution is 5.89. The van der Waals surface area contributed by atoms with Crippen LogP contribution < -0.4 is 0 Å². The van der Waals surface area contributed by atoms with Crippen molar-refractivity contribution < 1.29 is 14.3 Å². The highest BCUT2D eigenvalue weighted by Crippen LogP contribution is 2.01. The molecule has 0 spiro atoms. The van der Waals surface area contributed by atoms with Crippen molar-refractivity contribution in [2.24, 2.45) is 0 Å². The number of carbonyl (C=O) groups is 1. The Morgan fingerprint density at radius 1 is 1.13 bits per heavy atom. The summed E-state index contributed by atoms with van der Waals surface area (Å²) in [5, 5.41) is 0. The Morgan fingerprint density at radius 3 is 2.47 bits per heavy atom. The fourth-order valence-corrected chi connectivity index (χ4v) is 1.17. The predicted octanol–water partition coefficient (Wildman–Crippen LogP) is 2.27. The van der Waals surface area contributed by atoms with Crippen molar-refractivity contribution >= 4 is 5.97 Å². The van der Waals surface area contributed by atoms with E-state index in [4.69, 9.17) is 9.47 Å². The van der Waals surface area contributed by atoms with E-state index in [9.17, 15) is 4.79 Å². The predicted molar refractivity (Wildman–Crippen MR) is 57.8 cm³/mol. The molecule has 0 fully saturated rings. The van der Waals surface area contributed by atoms with Crippen molar-refractivity contribution in [3.8, 4) is 0 Å². The van der Waals surface area contributed by atoms with Crippen LogP contribution in [0.25, 0.3) is 0 Å². The summed E-state index contributed by atoms with van der Waals surface area (Å²) < 4.78 is 9.97. The zero-order chi connectivity index (χ0) is 10.9. The molecule has 1 aromatic carbocycles. The SMILES string of the molecule is COCCCCOC(=O)c1ccccc1. The minimum atomic E-state index is -0.256. The minimum Gasteiger partial charge on any atom is -0.462 e. The van der Waals surface area contributed by atoms with Gasteiger partial charge < -0.3 is 9.47 Å². The second-order valence-corrected chi connectivity index (χ2v) is 3.20. The molecule has 0 amide bonds. The van der Waals surface area contributed by atoms with E-state index in [0.29, 0.717) is 18.8 Å². The van der Waals surface area contributed by atoms with Crippen LogP contribution in [0.5, 0.6) is 0 Å². The fraction of sp³-hybridized carbons (Fsp3) is 0.417. The summed E-state index contributed by atoms with van der Waals surface area (Å²) in [6.07, 6.45) is 1.75. The Bertz CT molecular complexity index is 282. The first-order valence-corrected chi connectivity index (χ1v) is 5.05. The van der Waals surface area contributed by atoms with E-state index < -0.39 is 0 Å². The van der Waals surface area contributed by atoms with Crippen LogP contribution in [-0.2, 0) is 9.47 Å². The summed E-state index contributed by atoms with van der Waals surface area (Å²) in [6.45, 7) is 1.17. The van der Waals surface area contributed by atoms with Crippen molar-refractivity contribution in [3.63, 3.8) is 0 Å². The van der Waals surface area contributed by atoms with Crippen molar-refractivity contribution in [2.45, 2.75) is 12.8 Å². The molecule has 3 heteroatoms. The molecule has 0 unspecified atom stereocenters. The van der Waals surface area contributed by atoms with Gasteiger partial charge in [0.05, 0.1) is 12.2 Å². The molecule has 15 heavy (non-hydrogen) atoms. The lowest BCUT2D eigenvalue weighted by Crippen LogP contribution is -2.06. The molecule has 1 rings (SSSR count). The Morgan fingerprint density at radius 2 is 1.80 bits per heavy atom. The monoisotopic (exact) mass is 208 g/mol. The summed E-state index contributed by atoms with van der Waals surface area (Å²) in [5.41, 5.74) is 0.601. The molecule has 82 valence electrons. The first-order chi connectivity index (χ1) is 7.34. The van der Waals surface area contributed by atoms with Gasteiger partial charge >= 0.3 is 5.97 Å². The molecular formula is C12H16O3. The number of rotatable bonds is 6. The van der Waals surface area contributed by atoms with Crippen LogP contribution in [0.15, 0.2) is 30.3 Å². The van der Waals surface area contributed by atoms with Gasteiger partial charge in [-0.3, -0.25) is 0 Å². The lowest BCUT2D eigenvalue weighted by Gasteiger charge is -2.04. The zero-order valence-electron chi connectivity index (χ0n) is 8.94. The van der Waals surface area contributed by atoms with Crippen LogP contribution in [0.2, 0.25) is 0 Å². The topological polar surface area (TPSA) is 35.5 Å². The number of methoxy groups -OCH3 is 1. The van der Waals surface area contributed by atoms with Crippen LogP contribution in [0.1, 0.15) is 23.2 Å². The molecule has 0 N–H and O–H groups in total. The lowest BCUT2D eigenvalue weighted by atomic mass is 10.2. The third-order valence-electron chi connectivity index (χ3n) is 1.99. The number of unbranched alkanes of at least 4 members (excludes halogenated alkanes) is 1. The second-order valence-electron chi connectivity index (χ2n) is 3.20. The lowest BCUT2D eigenvalue weighted by molar-refractivity contribution is 0.0489. The largest absolute Gasteiger partial charge is 0.462 e. The molecule has 1 aromatic rings. The van der Waals surface area contributed by atoms with Gasteiger partial charge in [-0.1, -0.05) is 18.2 Å². The van der Waals surface area contributed by atoms with E-state index in [1.165, 1.54) is 0 Å². The van der Waals surface area contributed by atoms with Crippen molar-refractivity contribution in [1.29, 1.82) is 0 Å². The number of ether oxygens (including phenoxy) is 2.